The molecule has 0 amide bonds. The highest BCUT2D eigenvalue weighted by Gasteiger charge is 2.27. The van der Waals surface area contributed by atoms with Gasteiger partial charge >= 0.3 is 0 Å². The van der Waals surface area contributed by atoms with Gasteiger partial charge in [0.25, 0.3) is 5.56 Å². The maximum Gasteiger partial charge on any atom is 0.287 e. The van der Waals surface area contributed by atoms with E-state index in [1.165, 1.54) is 13.2 Å². The van der Waals surface area contributed by atoms with Crippen molar-refractivity contribution >= 4 is 17.3 Å². The van der Waals surface area contributed by atoms with Crippen molar-refractivity contribution in [2.75, 3.05) is 11.9 Å². The lowest BCUT2D eigenvalue weighted by Gasteiger charge is -2.22. The summed E-state index contributed by atoms with van der Waals surface area (Å²) in [5.41, 5.74) is -1.25. The van der Waals surface area contributed by atoms with Gasteiger partial charge in [0.1, 0.15) is 22.1 Å². The van der Waals surface area contributed by atoms with E-state index in [-0.39, 0.29) is 11.6 Å². The number of hydrogen-bond acceptors (Lipinski definition) is 5. The van der Waals surface area contributed by atoms with Gasteiger partial charge in [0.05, 0.1) is 18.4 Å². The molecule has 1 atom stereocenters. The average Bonchev–Trinajstić information content (AvgIpc) is 2.83. The largest absolute Gasteiger partial charge is 0.463 e. The lowest BCUT2D eigenvalue weighted by molar-refractivity contribution is 0.0468. The highest BCUT2D eigenvalue weighted by Crippen LogP contribution is 2.24. The Hall–Kier alpha value is -1.79. The van der Waals surface area contributed by atoms with Crippen molar-refractivity contribution in [2.24, 2.45) is 7.05 Å². The molecule has 0 radical (unpaired) electrons. The van der Waals surface area contributed by atoms with Crippen LogP contribution in [0.2, 0.25) is 5.02 Å². The van der Waals surface area contributed by atoms with Crippen LogP contribution in [0.3, 0.4) is 0 Å². The molecule has 0 fully saturated rings. The van der Waals surface area contributed by atoms with Gasteiger partial charge in [-0.15, -0.1) is 0 Å². The molecule has 0 spiro atoms. The summed E-state index contributed by atoms with van der Waals surface area (Å²) in [5.74, 6) is 1.16. The Balaban J connectivity index is 2.16. The molecule has 2 aromatic heterocycles. The minimum atomic E-state index is -1.22. The van der Waals surface area contributed by atoms with E-state index in [1.54, 1.807) is 26.0 Å². The third kappa shape index (κ3) is 2.86. The number of furan rings is 1. The first-order valence-corrected chi connectivity index (χ1v) is 6.44. The van der Waals surface area contributed by atoms with Crippen LogP contribution < -0.4 is 10.9 Å². The van der Waals surface area contributed by atoms with Gasteiger partial charge < -0.3 is 14.8 Å². The van der Waals surface area contributed by atoms with Crippen LogP contribution in [0.1, 0.15) is 18.4 Å². The molecule has 2 heterocycles. The van der Waals surface area contributed by atoms with Gasteiger partial charge in [-0.3, -0.25) is 4.79 Å². The SMILES string of the molecule is Cc1ccc(C(C)(O)CNc2cnn(C)c(=O)c2Cl)o1. The Morgan fingerprint density at radius 2 is 2.25 bits per heavy atom. The second kappa shape index (κ2) is 5.30. The van der Waals surface area contributed by atoms with Gasteiger partial charge in [-0.2, -0.15) is 5.10 Å². The topological polar surface area (TPSA) is 80.3 Å². The second-order valence-corrected chi connectivity index (χ2v) is 5.22. The highest BCUT2D eigenvalue weighted by atomic mass is 35.5. The molecule has 2 rings (SSSR count). The minimum Gasteiger partial charge on any atom is -0.463 e. The summed E-state index contributed by atoms with van der Waals surface area (Å²) in [6.45, 7) is 3.55. The number of halogens is 1. The molecule has 0 bridgehead atoms. The summed E-state index contributed by atoms with van der Waals surface area (Å²) in [6.07, 6.45) is 1.44. The van der Waals surface area contributed by atoms with Crippen LogP contribution in [-0.4, -0.2) is 21.4 Å². The van der Waals surface area contributed by atoms with E-state index >= 15 is 0 Å². The van der Waals surface area contributed by atoms with Gasteiger partial charge in [-0.1, -0.05) is 11.6 Å². The van der Waals surface area contributed by atoms with Gasteiger partial charge in [0.15, 0.2) is 0 Å². The summed E-state index contributed by atoms with van der Waals surface area (Å²) in [4.78, 5) is 11.6. The van der Waals surface area contributed by atoms with Crippen molar-refractivity contribution in [2.45, 2.75) is 19.4 Å². The summed E-state index contributed by atoms with van der Waals surface area (Å²) >= 11 is 5.94. The third-order valence-corrected chi connectivity index (χ3v) is 3.34. The van der Waals surface area contributed by atoms with Gasteiger partial charge in [-0.25, -0.2) is 4.68 Å². The smallest absolute Gasteiger partial charge is 0.287 e. The van der Waals surface area contributed by atoms with Gasteiger partial charge in [0.2, 0.25) is 0 Å². The van der Waals surface area contributed by atoms with E-state index in [4.69, 9.17) is 16.0 Å². The normalized spacial score (nSPS) is 14.1. The minimum absolute atomic E-state index is 0.0360. The lowest BCUT2D eigenvalue weighted by Crippen LogP contribution is -2.31. The van der Waals surface area contributed by atoms with E-state index in [1.807, 2.05) is 0 Å². The molecule has 0 aromatic carbocycles. The molecule has 0 aliphatic heterocycles. The standard InChI is InChI=1S/C13H16ClN3O3/c1-8-4-5-10(20-8)13(2,19)7-15-9-6-16-17(3)12(18)11(9)14/h4-6,15,19H,7H2,1-3H3. The zero-order valence-corrected chi connectivity index (χ0v) is 12.2. The summed E-state index contributed by atoms with van der Waals surface area (Å²) in [6, 6.07) is 3.48. The van der Waals surface area contributed by atoms with Crippen molar-refractivity contribution in [3.8, 4) is 0 Å². The average molecular weight is 298 g/mol. The van der Waals surface area contributed by atoms with Gasteiger partial charge in [0, 0.05) is 7.05 Å². The number of aromatic nitrogens is 2. The van der Waals surface area contributed by atoms with E-state index in [0.717, 1.165) is 4.68 Å². The first-order valence-electron chi connectivity index (χ1n) is 6.06. The van der Waals surface area contributed by atoms with E-state index in [9.17, 15) is 9.90 Å². The maximum atomic E-state index is 11.6. The van der Waals surface area contributed by atoms with E-state index < -0.39 is 11.2 Å². The van der Waals surface area contributed by atoms with Crippen LogP contribution >= 0.6 is 11.6 Å². The Bertz CT molecular complexity index is 676. The predicted molar refractivity (Wildman–Crippen MR) is 76.0 cm³/mol. The highest BCUT2D eigenvalue weighted by molar-refractivity contribution is 6.32. The van der Waals surface area contributed by atoms with Crippen molar-refractivity contribution < 1.29 is 9.52 Å². The Morgan fingerprint density at radius 3 is 2.85 bits per heavy atom. The Kier molecular flexibility index (Phi) is 3.87. The summed E-state index contributed by atoms with van der Waals surface area (Å²) in [7, 11) is 1.51. The maximum absolute atomic E-state index is 11.6. The quantitative estimate of drug-likeness (QED) is 0.897. The molecule has 108 valence electrons. The van der Waals surface area contributed by atoms with Gasteiger partial charge in [-0.05, 0) is 26.0 Å². The number of anilines is 1. The molecule has 2 N–H and O–H groups in total. The Morgan fingerprint density at radius 1 is 1.55 bits per heavy atom. The molecule has 7 heteroatoms. The molecule has 0 saturated carbocycles. The van der Waals surface area contributed by atoms with Crippen LogP contribution in [0.25, 0.3) is 0 Å². The van der Waals surface area contributed by atoms with Crippen LogP contribution in [0.15, 0.2) is 27.5 Å². The number of rotatable bonds is 4. The number of hydrogen-bond donors (Lipinski definition) is 2. The second-order valence-electron chi connectivity index (χ2n) is 4.84. The predicted octanol–water partition coefficient (Wildman–Crippen LogP) is 1.65. The zero-order chi connectivity index (χ0) is 14.9. The van der Waals surface area contributed by atoms with E-state index in [0.29, 0.717) is 17.2 Å². The van der Waals surface area contributed by atoms with Crippen molar-refractivity contribution in [1.82, 2.24) is 9.78 Å². The number of aliphatic hydroxyl groups is 1. The number of nitrogens with one attached hydrogen (secondary N) is 1. The first kappa shape index (κ1) is 14.6. The fourth-order valence-electron chi connectivity index (χ4n) is 1.71. The van der Waals surface area contributed by atoms with Crippen LogP contribution in [0.5, 0.6) is 0 Å². The lowest BCUT2D eigenvalue weighted by atomic mass is 10.0. The molecule has 2 aromatic rings. The monoisotopic (exact) mass is 297 g/mol. The number of aryl methyl sites for hydroxylation is 2. The number of nitrogens with zero attached hydrogens (tertiary/aromatic N) is 2. The Labute approximate surface area is 121 Å². The van der Waals surface area contributed by atoms with E-state index in [2.05, 4.69) is 10.4 Å². The zero-order valence-electron chi connectivity index (χ0n) is 11.5. The van der Waals surface area contributed by atoms with Crippen LogP contribution in [-0.2, 0) is 12.6 Å². The molecule has 0 saturated heterocycles. The summed E-state index contributed by atoms with van der Waals surface area (Å²) < 4.78 is 6.55. The van der Waals surface area contributed by atoms with Crippen molar-refractivity contribution in [3.63, 3.8) is 0 Å². The molecule has 0 aliphatic rings. The first-order chi connectivity index (χ1) is 9.31. The molecule has 0 aliphatic carbocycles. The van der Waals surface area contributed by atoms with Crippen LogP contribution in [0, 0.1) is 6.92 Å². The summed E-state index contributed by atoms with van der Waals surface area (Å²) in [5, 5.41) is 17.2. The molecular weight excluding hydrogens is 282 g/mol. The van der Waals surface area contributed by atoms with Crippen molar-refractivity contribution in [1.29, 1.82) is 0 Å². The van der Waals surface area contributed by atoms with Crippen LogP contribution in [0.4, 0.5) is 5.69 Å². The molecular formula is C13H16ClN3O3. The third-order valence-electron chi connectivity index (χ3n) is 2.97. The molecule has 6 nitrogen and oxygen atoms in total. The fraction of sp³-hybridized carbons (Fsp3) is 0.385. The molecule has 20 heavy (non-hydrogen) atoms. The molecule has 1 unspecified atom stereocenters. The van der Waals surface area contributed by atoms with Crippen molar-refractivity contribution in [3.05, 3.63) is 45.2 Å². The fourth-order valence-corrected chi connectivity index (χ4v) is 1.95.